The second kappa shape index (κ2) is 6.19. The summed E-state index contributed by atoms with van der Waals surface area (Å²) in [5, 5.41) is 18.5. The van der Waals surface area contributed by atoms with Gasteiger partial charge >= 0.3 is 5.97 Å². The van der Waals surface area contributed by atoms with Gasteiger partial charge in [0, 0.05) is 23.5 Å². The Bertz CT molecular complexity index is 541. The Kier molecular flexibility index (Phi) is 4.57. The zero-order chi connectivity index (χ0) is 14.7. The number of nitrogens with zero attached hydrogens (tertiary/aromatic N) is 1. The van der Waals surface area contributed by atoms with Crippen molar-refractivity contribution in [2.45, 2.75) is 18.6 Å². The number of carboxylic acid groups (broad SMARTS) is 1. The van der Waals surface area contributed by atoms with Crippen molar-refractivity contribution in [1.29, 1.82) is 0 Å². The number of carbonyl (C=O) groups is 2. The first-order valence-corrected chi connectivity index (χ1v) is 6.92. The highest BCUT2D eigenvalue weighted by Gasteiger charge is 2.37. The van der Waals surface area contributed by atoms with E-state index in [9.17, 15) is 14.7 Å². The molecule has 6 heteroatoms. The van der Waals surface area contributed by atoms with Gasteiger partial charge in [0.25, 0.3) is 0 Å². The fourth-order valence-electron chi connectivity index (χ4n) is 2.13. The largest absolute Gasteiger partial charge is 0.480 e. The zero-order valence-corrected chi connectivity index (χ0v) is 12.2. The van der Waals surface area contributed by atoms with Crippen molar-refractivity contribution in [3.63, 3.8) is 0 Å². The van der Waals surface area contributed by atoms with E-state index < -0.39 is 24.0 Å². The number of hydrogen-bond donors (Lipinski definition) is 2. The van der Waals surface area contributed by atoms with E-state index >= 15 is 0 Å². The molecule has 1 aliphatic rings. The molecule has 1 aromatic carbocycles. The minimum absolute atomic E-state index is 0.0560. The van der Waals surface area contributed by atoms with E-state index in [0.29, 0.717) is 0 Å². The molecule has 1 fully saturated rings. The molecule has 1 amide bonds. The van der Waals surface area contributed by atoms with Crippen LogP contribution in [-0.4, -0.2) is 45.7 Å². The summed E-state index contributed by atoms with van der Waals surface area (Å²) in [4.78, 5) is 24.2. The molecule has 2 rings (SSSR count). The standard InChI is InChI=1S/C14H14BrNO4/c15-10-4-1-9(2-5-10)3-6-13(18)16-8-11(17)7-12(16)14(19)20/h1-6,11-12,17H,7-8H2,(H,19,20)/t11-,12-/m0/s1. The lowest BCUT2D eigenvalue weighted by atomic mass is 10.2. The number of carbonyl (C=O) groups excluding carboxylic acids is 1. The maximum absolute atomic E-state index is 12.0. The Hall–Kier alpha value is -1.66. The van der Waals surface area contributed by atoms with E-state index in [0.717, 1.165) is 10.0 Å². The lowest BCUT2D eigenvalue weighted by Gasteiger charge is -2.19. The third-order valence-electron chi connectivity index (χ3n) is 3.14. The van der Waals surface area contributed by atoms with Crippen molar-refractivity contribution in [3.8, 4) is 0 Å². The molecule has 0 saturated carbocycles. The lowest BCUT2D eigenvalue weighted by Crippen LogP contribution is -2.39. The number of carboxylic acids is 1. The highest BCUT2D eigenvalue weighted by atomic mass is 79.9. The number of aliphatic hydroxyl groups is 1. The van der Waals surface area contributed by atoms with Gasteiger partial charge < -0.3 is 15.1 Å². The van der Waals surface area contributed by atoms with Gasteiger partial charge in [0.2, 0.25) is 5.91 Å². The van der Waals surface area contributed by atoms with Gasteiger partial charge in [-0.25, -0.2) is 4.79 Å². The fourth-order valence-corrected chi connectivity index (χ4v) is 2.39. The molecule has 0 radical (unpaired) electrons. The molecule has 5 nitrogen and oxygen atoms in total. The summed E-state index contributed by atoms with van der Waals surface area (Å²) in [6.45, 7) is 0.0560. The molecule has 0 aliphatic carbocycles. The van der Waals surface area contributed by atoms with Crippen molar-refractivity contribution in [1.82, 2.24) is 4.90 Å². The molecule has 0 bridgehead atoms. The normalized spacial score (nSPS) is 22.4. The number of benzene rings is 1. The Morgan fingerprint density at radius 1 is 1.30 bits per heavy atom. The van der Waals surface area contributed by atoms with Crippen LogP contribution < -0.4 is 0 Å². The smallest absolute Gasteiger partial charge is 0.326 e. The van der Waals surface area contributed by atoms with Crippen LogP contribution in [-0.2, 0) is 9.59 Å². The predicted octanol–water partition coefficient (Wildman–Crippen LogP) is 1.51. The number of β-amino-alcohol motifs (C(OH)–C–C–N with tert-alkyl or cyclic N) is 1. The molecule has 2 atom stereocenters. The Labute approximate surface area is 124 Å². The van der Waals surface area contributed by atoms with Gasteiger partial charge in [-0.3, -0.25) is 4.79 Å². The second-order valence-electron chi connectivity index (χ2n) is 4.62. The van der Waals surface area contributed by atoms with Crippen LogP contribution in [0.3, 0.4) is 0 Å². The van der Waals surface area contributed by atoms with Crippen LogP contribution in [0.4, 0.5) is 0 Å². The maximum Gasteiger partial charge on any atom is 0.326 e. The average Bonchev–Trinajstić information content (AvgIpc) is 2.80. The monoisotopic (exact) mass is 339 g/mol. The quantitative estimate of drug-likeness (QED) is 0.818. The second-order valence-corrected chi connectivity index (χ2v) is 5.53. The molecule has 1 heterocycles. The molecule has 106 valence electrons. The summed E-state index contributed by atoms with van der Waals surface area (Å²) in [5.74, 6) is -1.50. The minimum Gasteiger partial charge on any atom is -0.480 e. The molecule has 0 spiro atoms. The Morgan fingerprint density at radius 3 is 2.55 bits per heavy atom. The first-order chi connectivity index (χ1) is 9.47. The summed E-state index contributed by atoms with van der Waals surface area (Å²) in [6.07, 6.45) is 2.25. The van der Waals surface area contributed by atoms with Crippen LogP contribution in [0.5, 0.6) is 0 Å². The van der Waals surface area contributed by atoms with Crippen LogP contribution >= 0.6 is 15.9 Å². The molecule has 2 N–H and O–H groups in total. The van der Waals surface area contributed by atoms with E-state index in [-0.39, 0.29) is 13.0 Å². The maximum atomic E-state index is 12.0. The van der Waals surface area contributed by atoms with E-state index in [1.54, 1.807) is 6.08 Å². The van der Waals surface area contributed by atoms with Crippen LogP contribution in [0.15, 0.2) is 34.8 Å². The third-order valence-corrected chi connectivity index (χ3v) is 3.66. The molecule has 20 heavy (non-hydrogen) atoms. The number of hydrogen-bond acceptors (Lipinski definition) is 3. The molecule has 1 aliphatic heterocycles. The van der Waals surface area contributed by atoms with Crippen molar-refractivity contribution in [2.75, 3.05) is 6.54 Å². The van der Waals surface area contributed by atoms with Crippen molar-refractivity contribution < 1.29 is 19.8 Å². The van der Waals surface area contributed by atoms with Gasteiger partial charge in [0.1, 0.15) is 6.04 Å². The number of halogens is 1. The van der Waals surface area contributed by atoms with Gasteiger partial charge in [0.05, 0.1) is 6.10 Å². The molecule has 0 aromatic heterocycles. The van der Waals surface area contributed by atoms with Gasteiger partial charge in [-0.15, -0.1) is 0 Å². The van der Waals surface area contributed by atoms with Crippen molar-refractivity contribution >= 4 is 33.9 Å². The van der Waals surface area contributed by atoms with Crippen LogP contribution in [0.25, 0.3) is 6.08 Å². The molecule has 0 unspecified atom stereocenters. The molecular formula is C14H14BrNO4. The predicted molar refractivity (Wildman–Crippen MR) is 76.9 cm³/mol. The highest BCUT2D eigenvalue weighted by Crippen LogP contribution is 2.19. The Balaban J connectivity index is 2.07. The lowest BCUT2D eigenvalue weighted by molar-refractivity contribution is -0.146. The zero-order valence-electron chi connectivity index (χ0n) is 10.6. The van der Waals surface area contributed by atoms with Gasteiger partial charge in [0.15, 0.2) is 0 Å². The summed E-state index contributed by atoms with van der Waals surface area (Å²) < 4.78 is 0.939. The first kappa shape index (κ1) is 14.7. The van der Waals surface area contributed by atoms with Crippen LogP contribution in [0.1, 0.15) is 12.0 Å². The number of amides is 1. The molecule has 1 saturated heterocycles. The molecular weight excluding hydrogens is 326 g/mol. The van der Waals surface area contributed by atoms with Crippen LogP contribution in [0.2, 0.25) is 0 Å². The summed E-state index contributed by atoms with van der Waals surface area (Å²) >= 11 is 3.32. The van der Waals surface area contributed by atoms with Gasteiger partial charge in [-0.05, 0) is 23.8 Å². The summed E-state index contributed by atoms with van der Waals surface area (Å²) in [7, 11) is 0. The van der Waals surface area contributed by atoms with E-state index in [1.165, 1.54) is 11.0 Å². The first-order valence-electron chi connectivity index (χ1n) is 6.12. The van der Waals surface area contributed by atoms with Gasteiger partial charge in [-0.2, -0.15) is 0 Å². The number of likely N-dealkylation sites (tertiary alicyclic amines) is 1. The van der Waals surface area contributed by atoms with Crippen molar-refractivity contribution in [3.05, 3.63) is 40.4 Å². The third kappa shape index (κ3) is 3.46. The van der Waals surface area contributed by atoms with E-state index in [2.05, 4.69) is 15.9 Å². The van der Waals surface area contributed by atoms with Gasteiger partial charge in [-0.1, -0.05) is 28.1 Å². The molecule has 1 aromatic rings. The average molecular weight is 340 g/mol. The van der Waals surface area contributed by atoms with E-state index in [1.807, 2.05) is 24.3 Å². The highest BCUT2D eigenvalue weighted by molar-refractivity contribution is 9.10. The summed E-state index contributed by atoms with van der Waals surface area (Å²) in [5.41, 5.74) is 0.841. The van der Waals surface area contributed by atoms with E-state index in [4.69, 9.17) is 5.11 Å². The number of aliphatic hydroxyl groups excluding tert-OH is 1. The Morgan fingerprint density at radius 2 is 1.95 bits per heavy atom. The van der Waals surface area contributed by atoms with Crippen molar-refractivity contribution in [2.24, 2.45) is 0 Å². The summed E-state index contributed by atoms with van der Waals surface area (Å²) in [6, 6.07) is 6.42. The number of rotatable bonds is 3. The fraction of sp³-hybridized carbons (Fsp3) is 0.286. The minimum atomic E-state index is -1.09. The van der Waals surface area contributed by atoms with Crippen LogP contribution in [0, 0.1) is 0 Å². The number of aliphatic carboxylic acids is 1. The SMILES string of the molecule is O=C(O)[C@@H]1C[C@H](O)CN1C(=O)C=Cc1ccc(Br)cc1. The topological polar surface area (TPSA) is 77.8 Å².